The lowest BCUT2D eigenvalue weighted by Gasteiger charge is -2.44. The average Bonchev–Trinajstić information content (AvgIpc) is 3.24. The van der Waals surface area contributed by atoms with Gasteiger partial charge in [-0.3, -0.25) is 4.90 Å². The van der Waals surface area contributed by atoms with Gasteiger partial charge in [-0.05, 0) is 79.8 Å². The van der Waals surface area contributed by atoms with Gasteiger partial charge in [-0.1, -0.05) is 13.0 Å². The molecule has 6 heteroatoms. The molecule has 1 aliphatic carbocycles. The molecule has 0 spiro atoms. The number of nitrogens with zero attached hydrogens (tertiary/aromatic N) is 1. The van der Waals surface area contributed by atoms with E-state index in [9.17, 15) is 10.2 Å². The zero-order valence-corrected chi connectivity index (χ0v) is 20.8. The van der Waals surface area contributed by atoms with E-state index in [2.05, 4.69) is 11.8 Å². The number of fused-ring (bicyclic) bond motifs is 7. The second kappa shape index (κ2) is 8.27. The van der Waals surface area contributed by atoms with Gasteiger partial charge in [0.1, 0.15) is 35.4 Å². The second-order valence-corrected chi connectivity index (χ2v) is 10.4. The number of halogens is 1. The number of hydrogen-bond donors (Lipinski definition) is 2. The van der Waals surface area contributed by atoms with Crippen LogP contribution in [0.2, 0.25) is 0 Å². The Morgan fingerprint density at radius 3 is 2.67 bits per heavy atom. The van der Waals surface area contributed by atoms with Crippen molar-refractivity contribution in [3.63, 3.8) is 0 Å². The largest absolute Gasteiger partial charge is 0.508 e. The third-order valence-electron chi connectivity index (χ3n) is 7.84. The highest BCUT2D eigenvalue weighted by Crippen LogP contribution is 2.58. The molecule has 1 saturated heterocycles. The van der Waals surface area contributed by atoms with Crippen molar-refractivity contribution in [2.45, 2.75) is 32.8 Å². The highest BCUT2D eigenvalue weighted by molar-refractivity contribution is 6.04. The van der Waals surface area contributed by atoms with E-state index in [1.54, 1.807) is 24.3 Å². The summed E-state index contributed by atoms with van der Waals surface area (Å²) in [5.41, 5.74) is 4.04. The minimum absolute atomic E-state index is 0.109. The van der Waals surface area contributed by atoms with Crippen LogP contribution in [0.15, 0.2) is 48.5 Å². The molecule has 3 aliphatic rings. The van der Waals surface area contributed by atoms with Crippen molar-refractivity contribution in [1.29, 1.82) is 0 Å². The maximum absolute atomic E-state index is 15.6. The molecule has 5 nitrogen and oxygen atoms in total. The summed E-state index contributed by atoms with van der Waals surface area (Å²) < 4.78 is 28.2. The summed E-state index contributed by atoms with van der Waals surface area (Å²) in [4.78, 5) is 2.41. The number of allylic oxidation sites excluding steroid dienone is 1. The van der Waals surface area contributed by atoms with Crippen LogP contribution in [0.5, 0.6) is 23.0 Å². The number of phenols is 2. The van der Waals surface area contributed by atoms with E-state index < -0.39 is 11.4 Å². The molecule has 0 saturated carbocycles. The summed E-state index contributed by atoms with van der Waals surface area (Å²) >= 11 is 0. The monoisotopic (exact) mass is 487 g/mol. The lowest BCUT2D eigenvalue weighted by molar-refractivity contribution is 0.147. The minimum Gasteiger partial charge on any atom is -0.508 e. The van der Waals surface area contributed by atoms with Gasteiger partial charge in [0.05, 0.1) is 0 Å². The third kappa shape index (κ3) is 3.54. The quantitative estimate of drug-likeness (QED) is 0.460. The fourth-order valence-electron chi connectivity index (χ4n) is 6.12. The number of rotatable bonds is 4. The number of benzene rings is 3. The van der Waals surface area contributed by atoms with Crippen molar-refractivity contribution in [3.8, 4) is 34.1 Å². The summed E-state index contributed by atoms with van der Waals surface area (Å²) in [6, 6.07) is 13.6. The molecule has 2 N–H and O–H groups in total. The molecule has 3 aromatic rings. The fourth-order valence-corrected chi connectivity index (χ4v) is 6.12. The second-order valence-electron chi connectivity index (χ2n) is 10.4. The van der Waals surface area contributed by atoms with Crippen molar-refractivity contribution < 1.29 is 24.1 Å². The summed E-state index contributed by atoms with van der Waals surface area (Å²) in [5, 5.41) is 20.4. The Morgan fingerprint density at radius 2 is 1.89 bits per heavy atom. The van der Waals surface area contributed by atoms with Crippen molar-refractivity contribution in [2.24, 2.45) is 5.92 Å². The van der Waals surface area contributed by atoms with Crippen molar-refractivity contribution in [3.05, 3.63) is 71.0 Å². The Bertz CT molecular complexity index is 1410. The van der Waals surface area contributed by atoms with Gasteiger partial charge in [0.2, 0.25) is 0 Å². The Balaban J connectivity index is 1.45. The number of phenolic OH excluding ortho intramolecular Hbond substituents is 2. The molecule has 0 bridgehead atoms. The van der Waals surface area contributed by atoms with Gasteiger partial charge >= 0.3 is 0 Å². The summed E-state index contributed by atoms with van der Waals surface area (Å²) in [5.74, 6) is 1.44. The first kappa shape index (κ1) is 22.9. The summed E-state index contributed by atoms with van der Waals surface area (Å²) in [6.45, 7) is 9.78. The number of aromatic hydroxyl groups is 2. The number of ether oxygens (including phenoxy) is 2. The molecule has 1 fully saturated rings. The molecule has 2 aliphatic heterocycles. The minimum atomic E-state index is -0.991. The van der Waals surface area contributed by atoms with Gasteiger partial charge in [0.25, 0.3) is 0 Å². The molecular weight excluding hydrogens is 457 g/mol. The van der Waals surface area contributed by atoms with E-state index in [1.165, 1.54) is 6.42 Å². The molecule has 36 heavy (non-hydrogen) atoms. The van der Waals surface area contributed by atoms with E-state index in [1.807, 2.05) is 32.0 Å². The highest BCUT2D eigenvalue weighted by Gasteiger charge is 2.47. The zero-order chi connectivity index (χ0) is 25.2. The molecule has 186 valence electrons. The lowest BCUT2D eigenvalue weighted by atomic mass is 9.69. The van der Waals surface area contributed by atoms with E-state index >= 15 is 4.39 Å². The van der Waals surface area contributed by atoms with E-state index in [4.69, 9.17) is 9.47 Å². The predicted octanol–water partition coefficient (Wildman–Crippen LogP) is 6.18. The Labute approximate surface area is 210 Å². The van der Waals surface area contributed by atoms with Crippen LogP contribution < -0.4 is 9.47 Å². The Morgan fingerprint density at radius 1 is 1.06 bits per heavy atom. The predicted molar refractivity (Wildman–Crippen MR) is 138 cm³/mol. The van der Waals surface area contributed by atoms with Crippen molar-refractivity contribution in [2.75, 3.05) is 26.2 Å². The topological polar surface area (TPSA) is 62.2 Å². The van der Waals surface area contributed by atoms with Gasteiger partial charge in [0.15, 0.2) is 5.60 Å². The van der Waals surface area contributed by atoms with Gasteiger partial charge in [-0.15, -0.1) is 0 Å². The summed E-state index contributed by atoms with van der Waals surface area (Å²) in [7, 11) is 0. The number of likely N-dealkylation sites (tertiary alicyclic amines) is 1. The van der Waals surface area contributed by atoms with Crippen LogP contribution in [0.25, 0.3) is 22.3 Å². The number of hydrogen-bond acceptors (Lipinski definition) is 5. The van der Waals surface area contributed by atoms with Crippen LogP contribution >= 0.6 is 0 Å². The van der Waals surface area contributed by atoms with Crippen LogP contribution in [-0.2, 0) is 5.60 Å². The van der Waals surface area contributed by atoms with Gasteiger partial charge in [0, 0.05) is 47.5 Å². The first-order valence-corrected chi connectivity index (χ1v) is 12.5. The van der Waals surface area contributed by atoms with Crippen LogP contribution in [0.3, 0.4) is 0 Å². The molecule has 2 atom stereocenters. The van der Waals surface area contributed by atoms with Crippen molar-refractivity contribution in [1.82, 2.24) is 4.90 Å². The van der Waals surface area contributed by atoms with Gasteiger partial charge in [-0.2, -0.15) is 0 Å². The normalized spacial score (nSPS) is 22.4. The SMILES string of the molecule is CC1=C2c3c(F)cc(O)cc3-c3cc(OCCN4CCC(C)C4)ccc3C2(C)Oc2cc(O)ccc21. The maximum atomic E-state index is 15.6. The van der Waals surface area contributed by atoms with E-state index in [-0.39, 0.29) is 11.5 Å². The molecule has 0 radical (unpaired) electrons. The molecular formula is C30H30FNO4. The van der Waals surface area contributed by atoms with E-state index in [0.717, 1.165) is 59.5 Å². The first-order valence-electron chi connectivity index (χ1n) is 12.5. The summed E-state index contributed by atoms with van der Waals surface area (Å²) in [6.07, 6.45) is 1.22. The highest BCUT2D eigenvalue weighted by atomic mass is 19.1. The van der Waals surface area contributed by atoms with Gasteiger partial charge in [-0.25, -0.2) is 4.39 Å². The average molecular weight is 488 g/mol. The molecule has 2 heterocycles. The Kier molecular flexibility index (Phi) is 5.27. The van der Waals surface area contributed by atoms with Crippen LogP contribution in [0.1, 0.15) is 43.9 Å². The smallest absolute Gasteiger partial charge is 0.158 e. The Hall–Kier alpha value is -3.51. The third-order valence-corrected chi connectivity index (χ3v) is 7.84. The standard InChI is InChI=1S/C30H30FNO4/c1-17-8-9-32(16-17)10-11-35-21-5-7-25-23(15-21)24-12-20(34)13-26(31)28(24)29-18(2)22-6-4-19(33)14-27(22)36-30(25,29)3/h4-7,12-15,17,33-34H,8-11,16H2,1-3H3. The molecule has 3 aromatic carbocycles. The van der Waals surface area contributed by atoms with Crippen molar-refractivity contribution >= 4 is 11.1 Å². The first-order chi connectivity index (χ1) is 17.2. The lowest BCUT2D eigenvalue weighted by Crippen LogP contribution is -2.37. The van der Waals surface area contributed by atoms with Gasteiger partial charge < -0.3 is 19.7 Å². The molecule has 6 rings (SSSR count). The zero-order valence-electron chi connectivity index (χ0n) is 20.8. The molecule has 2 unspecified atom stereocenters. The fraction of sp³-hybridized carbons (Fsp3) is 0.333. The van der Waals surface area contributed by atoms with Crippen LogP contribution in [0, 0.1) is 11.7 Å². The molecule has 0 amide bonds. The molecule has 0 aromatic heterocycles. The maximum Gasteiger partial charge on any atom is 0.158 e. The van der Waals surface area contributed by atoms with E-state index in [0.29, 0.717) is 29.2 Å². The van der Waals surface area contributed by atoms with Crippen LogP contribution in [0.4, 0.5) is 4.39 Å². The van der Waals surface area contributed by atoms with Crippen LogP contribution in [-0.4, -0.2) is 41.4 Å².